The van der Waals surface area contributed by atoms with Crippen LogP contribution in [0, 0.1) is 12.8 Å². The smallest absolute Gasteiger partial charge is 0.132 e. The van der Waals surface area contributed by atoms with Gasteiger partial charge < -0.3 is 10.2 Å². The third kappa shape index (κ3) is 2.89. The van der Waals surface area contributed by atoms with Crippen molar-refractivity contribution in [2.45, 2.75) is 45.6 Å². The molecule has 19 heavy (non-hydrogen) atoms. The number of hydrogen-bond donors (Lipinski definition) is 1. The van der Waals surface area contributed by atoms with Crippen molar-refractivity contribution in [3.8, 4) is 0 Å². The average molecular weight is 260 g/mol. The monoisotopic (exact) mass is 260 g/mol. The number of nitrogens with zero attached hydrogens (tertiary/aromatic N) is 3. The van der Waals surface area contributed by atoms with E-state index in [1.807, 2.05) is 6.92 Å². The second-order valence-corrected chi connectivity index (χ2v) is 6.02. The molecule has 2 aliphatic rings. The summed E-state index contributed by atoms with van der Waals surface area (Å²) in [5.41, 5.74) is 1.18. The van der Waals surface area contributed by atoms with Gasteiger partial charge in [0, 0.05) is 25.2 Å². The van der Waals surface area contributed by atoms with E-state index in [9.17, 15) is 0 Å². The first-order chi connectivity index (χ1) is 9.22. The maximum absolute atomic E-state index is 4.64. The first-order valence-electron chi connectivity index (χ1n) is 7.56. The zero-order valence-electron chi connectivity index (χ0n) is 12.0. The topological polar surface area (TPSA) is 41.1 Å². The van der Waals surface area contributed by atoms with Gasteiger partial charge in [-0.2, -0.15) is 0 Å². The van der Waals surface area contributed by atoms with Gasteiger partial charge in [0.2, 0.25) is 0 Å². The lowest BCUT2D eigenvalue weighted by atomic mass is 9.99. The second-order valence-electron chi connectivity index (χ2n) is 6.02. The lowest BCUT2D eigenvalue weighted by Gasteiger charge is -2.31. The highest BCUT2D eigenvalue weighted by molar-refractivity contribution is 5.41. The predicted molar refractivity (Wildman–Crippen MR) is 77.4 cm³/mol. The number of rotatable bonds is 2. The van der Waals surface area contributed by atoms with E-state index in [0.29, 0.717) is 6.04 Å². The maximum Gasteiger partial charge on any atom is 0.132 e. The van der Waals surface area contributed by atoms with E-state index in [1.165, 1.54) is 31.4 Å². The summed E-state index contributed by atoms with van der Waals surface area (Å²) in [7, 11) is 0. The van der Waals surface area contributed by atoms with Crippen LogP contribution in [0.15, 0.2) is 6.07 Å². The molecule has 0 spiro atoms. The number of anilines is 1. The van der Waals surface area contributed by atoms with Crippen LogP contribution in [0.2, 0.25) is 0 Å². The van der Waals surface area contributed by atoms with E-state index in [1.54, 1.807) is 0 Å². The maximum atomic E-state index is 4.64. The number of aromatic nitrogens is 2. The number of piperidine rings is 1. The Hall–Kier alpha value is -1.16. The van der Waals surface area contributed by atoms with Gasteiger partial charge in [-0.3, -0.25) is 0 Å². The van der Waals surface area contributed by atoms with Gasteiger partial charge >= 0.3 is 0 Å². The zero-order valence-corrected chi connectivity index (χ0v) is 12.0. The lowest BCUT2D eigenvalue weighted by molar-refractivity contribution is 0.436. The molecule has 1 aromatic heterocycles. The Kier molecular flexibility index (Phi) is 3.69. The third-order valence-corrected chi connectivity index (χ3v) is 4.37. The van der Waals surface area contributed by atoms with Crippen LogP contribution in [0.1, 0.15) is 50.2 Å². The molecule has 1 atom stereocenters. The molecule has 0 aromatic carbocycles. The molecule has 0 bridgehead atoms. The van der Waals surface area contributed by atoms with Gasteiger partial charge in [0.25, 0.3) is 0 Å². The molecule has 0 aliphatic carbocycles. The van der Waals surface area contributed by atoms with Crippen LogP contribution in [0.25, 0.3) is 0 Å². The SMILES string of the molecule is Cc1nc(C2CCCN2)cc(N2CCC(C)CC2)n1. The summed E-state index contributed by atoms with van der Waals surface area (Å²) in [6, 6.07) is 2.63. The van der Waals surface area contributed by atoms with Crippen LogP contribution < -0.4 is 10.2 Å². The number of aryl methyl sites for hydroxylation is 1. The van der Waals surface area contributed by atoms with Gasteiger partial charge in [-0.05, 0) is 45.1 Å². The van der Waals surface area contributed by atoms with Crippen molar-refractivity contribution in [3.63, 3.8) is 0 Å². The Bertz CT molecular complexity index is 432. The molecule has 104 valence electrons. The zero-order chi connectivity index (χ0) is 13.2. The summed E-state index contributed by atoms with van der Waals surface area (Å²) < 4.78 is 0. The Labute approximate surface area is 115 Å². The van der Waals surface area contributed by atoms with Crippen LogP contribution in [-0.2, 0) is 0 Å². The summed E-state index contributed by atoms with van der Waals surface area (Å²) in [5, 5.41) is 3.53. The van der Waals surface area contributed by atoms with Crippen molar-refractivity contribution in [2.24, 2.45) is 5.92 Å². The Morgan fingerprint density at radius 1 is 1.21 bits per heavy atom. The predicted octanol–water partition coefficient (Wildman–Crippen LogP) is 2.45. The summed E-state index contributed by atoms with van der Waals surface area (Å²) in [5.74, 6) is 2.89. The highest BCUT2D eigenvalue weighted by Gasteiger charge is 2.22. The Balaban J connectivity index is 1.80. The minimum absolute atomic E-state index is 0.434. The number of nitrogens with one attached hydrogen (secondary N) is 1. The fourth-order valence-electron chi connectivity index (χ4n) is 3.09. The fourth-order valence-corrected chi connectivity index (χ4v) is 3.09. The molecule has 0 radical (unpaired) electrons. The molecule has 3 heterocycles. The van der Waals surface area contributed by atoms with E-state index in [0.717, 1.165) is 37.2 Å². The molecule has 2 aliphatic heterocycles. The molecule has 1 aromatic rings. The molecule has 4 nitrogen and oxygen atoms in total. The summed E-state index contributed by atoms with van der Waals surface area (Å²) >= 11 is 0. The Morgan fingerprint density at radius 2 is 2.00 bits per heavy atom. The van der Waals surface area contributed by atoms with Crippen LogP contribution in [0.5, 0.6) is 0 Å². The van der Waals surface area contributed by atoms with Gasteiger partial charge in [0.15, 0.2) is 0 Å². The number of hydrogen-bond acceptors (Lipinski definition) is 4. The molecule has 2 fully saturated rings. The van der Waals surface area contributed by atoms with Crippen LogP contribution in [0.3, 0.4) is 0 Å². The quantitative estimate of drug-likeness (QED) is 0.887. The fraction of sp³-hybridized carbons (Fsp3) is 0.733. The standard InChI is InChI=1S/C15H24N4/c1-11-5-8-19(9-6-11)15-10-14(17-12(2)18-15)13-4-3-7-16-13/h10-11,13,16H,3-9H2,1-2H3. The van der Waals surface area contributed by atoms with Crippen molar-refractivity contribution >= 4 is 5.82 Å². The normalized spacial score (nSPS) is 24.9. The summed E-state index contributed by atoms with van der Waals surface area (Å²) in [4.78, 5) is 11.7. The molecule has 4 heteroatoms. The third-order valence-electron chi connectivity index (χ3n) is 4.37. The first-order valence-corrected chi connectivity index (χ1v) is 7.56. The van der Waals surface area contributed by atoms with E-state index < -0.39 is 0 Å². The molecule has 2 saturated heterocycles. The van der Waals surface area contributed by atoms with E-state index in [2.05, 4.69) is 33.2 Å². The molecule has 0 saturated carbocycles. The highest BCUT2D eigenvalue weighted by atomic mass is 15.2. The van der Waals surface area contributed by atoms with Crippen molar-refractivity contribution in [1.82, 2.24) is 15.3 Å². The van der Waals surface area contributed by atoms with Crippen molar-refractivity contribution < 1.29 is 0 Å². The first kappa shape index (κ1) is 12.9. The minimum atomic E-state index is 0.434. The van der Waals surface area contributed by atoms with Crippen LogP contribution in [-0.4, -0.2) is 29.6 Å². The molecule has 3 rings (SSSR count). The van der Waals surface area contributed by atoms with E-state index >= 15 is 0 Å². The molecule has 1 N–H and O–H groups in total. The Morgan fingerprint density at radius 3 is 2.68 bits per heavy atom. The summed E-state index contributed by atoms with van der Waals surface area (Å²) in [6.07, 6.45) is 5.01. The largest absolute Gasteiger partial charge is 0.356 e. The minimum Gasteiger partial charge on any atom is -0.356 e. The van der Waals surface area contributed by atoms with Crippen molar-refractivity contribution in [1.29, 1.82) is 0 Å². The van der Waals surface area contributed by atoms with Crippen molar-refractivity contribution in [3.05, 3.63) is 17.6 Å². The second kappa shape index (κ2) is 5.45. The van der Waals surface area contributed by atoms with Crippen molar-refractivity contribution in [2.75, 3.05) is 24.5 Å². The van der Waals surface area contributed by atoms with Gasteiger partial charge in [-0.15, -0.1) is 0 Å². The van der Waals surface area contributed by atoms with Crippen LogP contribution in [0.4, 0.5) is 5.82 Å². The highest BCUT2D eigenvalue weighted by Crippen LogP contribution is 2.26. The molecular formula is C15H24N4. The van der Waals surface area contributed by atoms with Crippen LogP contribution >= 0.6 is 0 Å². The average Bonchev–Trinajstić information content (AvgIpc) is 2.93. The summed E-state index contributed by atoms with van der Waals surface area (Å²) in [6.45, 7) is 7.74. The van der Waals surface area contributed by atoms with E-state index in [4.69, 9.17) is 0 Å². The van der Waals surface area contributed by atoms with Gasteiger partial charge in [0.05, 0.1) is 5.69 Å². The molecular weight excluding hydrogens is 236 g/mol. The van der Waals surface area contributed by atoms with Gasteiger partial charge in [-0.25, -0.2) is 9.97 Å². The molecule has 1 unspecified atom stereocenters. The lowest BCUT2D eigenvalue weighted by Crippen LogP contribution is -2.33. The van der Waals surface area contributed by atoms with Gasteiger partial charge in [0.1, 0.15) is 11.6 Å². The van der Waals surface area contributed by atoms with E-state index in [-0.39, 0.29) is 0 Å². The van der Waals surface area contributed by atoms with Gasteiger partial charge in [-0.1, -0.05) is 6.92 Å². The molecule has 0 amide bonds.